The van der Waals surface area contributed by atoms with E-state index in [0.29, 0.717) is 11.2 Å². The first-order valence-corrected chi connectivity index (χ1v) is 9.42. The van der Waals surface area contributed by atoms with Crippen LogP contribution in [0.15, 0.2) is 67.3 Å². The lowest BCUT2D eigenvalue weighted by Gasteiger charge is -2.13. The van der Waals surface area contributed by atoms with Gasteiger partial charge in [-0.1, -0.05) is 35.5 Å². The zero-order valence-electron chi connectivity index (χ0n) is 16.4. The van der Waals surface area contributed by atoms with E-state index in [1.165, 1.54) is 12.1 Å². The molecule has 0 radical (unpaired) electrons. The number of alkyl halides is 3. The highest BCUT2D eigenvalue weighted by atomic mass is 19.4. The largest absolute Gasteiger partial charge is 0.435 e. The van der Waals surface area contributed by atoms with Gasteiger partial charge in [0.1, 0.15) is 5.82 Å². The Morgan fingerprint density at radius 1 is 1.06 bits per heavy atom. The zero-order chi connectivity index (χ0) is 22.7. The number of amides is 1. The second kappa shape index (κ2) is 8.61. The summed E-state index contributed by atoms with van der Waals surface area (Å²) < 4.78 is 57.0. The van der Waals surface area contributed by atoms with Gasteiger partial charge in [-0.2, -0.15) is 13.2 Å². The van der Waals surface area contributed by atoms with Crippen molar-refractivity contribution in [1.29, 1.82) is 0 Å². The summed E-state index contributed by atoms with van der Waals surface area (Å²) in [6.45, 7) is 0.462. The number of benzene rings is 2. The number of hydrogen-bond donors (Lipinski definition) is 1. The highest BCUT2D eigenvalue weighted by Gasteiger charge is 2.42. The molecule has 32 heavy (non-hydrogen) atoms. The van der Waals surface area contributed by atoms with Crippen LogP contribution in [-0.4, -0.2) is 30.5 Å². The Kier molecular flexibility index (Phi) is 5.71. The number of nitrogens with zero attached hydrogens (tertiary/aromatic N) is 5. The number of aromatic nitrogens is 5. The van der Waals surface area contributed by atoms with Crippen LogP contribution in [0.4, 0.5) is 17.6 Å². The summed E-state index contributed by atoms with van der Waals surface area (Å²) in [5, 5.41) is 9.35. The maximum atomic E-state index is 13.7. The van der Waals surface area contributed by atoms with Gasteiger partial charge in [0, 0.05) is 25.5 Å². The summed E-state index contributed by atoms with van der Waals surface area (Å²) in [5.74, 6) is -1.79. The standard InChI is InChI=1S/C21H16F4N6O/c22-16-6-3-7-17(10-16)31-19(21(23,24)25)18(28-29-31)20(32)27-11-14-4-1-2-5-15(14)12-30-9-8-26-13-30/h1-10,13H,11-12H2,(H,27,32). The number of imidazole rings is 1. The van der Waals surface area contributed by atoms with Crippen molar-refractivity contribution in [2.75, 3.05) is 0 Å². The molecular weight excluding hydrogens is 428 g/mol. The summed E-state index contributed by atoms with van der Waals surface area (Å²) in [6.07, 6.45) is 0.0954. The van der Waals surface area contributed by atoms with E-state index in [4.69, 9.17) is 0 Å². The fraction of sp³-hybridized carbons (Fsp3) is 0.143. The zero-order valence-corrected chi connectivity index (χ0v) is 16.4. The van der Waals surface area contributed by atoms with E-state index in [2.05, 4.69) is 20.6 Å². The summed E-state index contributed by atoms with van der Waals surface area (Å²) in [6, 6.07) is 11.6. The Balaban J connectivity index is 1.59. The Bertz CT molecular complexity index is 1230. The molecule has 0 fully saturated rings. The van der Waals surface area contributed by atoms with E-state index < -0.39 is 29.3 Å². The average Bonchev–Trinajstić information content (AvgIpc) is 3.42. The van der Waals surface area contributed by atoms with Crippen molar-refractivity contribution in [2.24, 2.45) is 0 Å². The van der Waals surface area contributed by atoms with Gasteiger partial charge in [0.05, 0.1) is 12.0 Å². The Morgan fingerprint density at radius 3 is 2.53 bits per heavy atom. The van der Waals surface area contributed by atoms with E-state index in [1.54, 1.807) is 30.9 Å². The lowest BCUT2D eigenvalue weighted by Crippen LogP contribution is -2.27. The Morgan fingerprint density at radius 2 is 1.84 bits per heavy atom. The fourth-order valence-electron chi connectivity index (χ4n) is 3.20. The average molecular weight is 444 g/mol. The van der Waals surface area contributed by atoms with Crippen LogP contribution in [0.3, 0.4) is 0 Å². The SMILES string of the molecule is O=C(NCc1ccccc1Cn1ccnc1)c1nnn(-c2cccc(F)c2)c1C(F)(F)F. The lowest BCUT2D eigenvalue weighted by molar-refractivity contribution is -0.143. The third-order valence-corrected chi connectivity index (χ3v) is 4.68. The third kappa shape index (κ3) is 4.51. The predicted octanol–water partition coefficient (Wildman–Crippen LogP) is 3.60. The van der Waals surface area contributed by atoms with Crippen LogP contribution in [0.5, 0.6) is 0 Å². The van der Waals surface area contributed by atoms with E-state index in [0.717, 1.165) is 23.3 Å². The van der Waals surface area contributed by atoms with E-state index in [1.807, 2.05) is 16.7 Å². The summed E-state index contributed by atoms with van der Waals surface area (Å²) in [5.41, 5.74) is -0.887. The minimum atomic E-state index is -4.94. The number of carbonyl (C=O) groups is 1. The summed E-state index contributed by atoms with van der Waals surface area (Å²) >= 11 is 0. The van der Waals surface area contributed by atoms with E-state index >= 15 is 0 Å². The molecule has 0 aliphatic carbocycles. The predicted molar refractivity (Wildman–Crippen MR) is 105 cm³/mol. The monoisotopic (exact) mass is 444 g/mol. The first-order valence-electron chi connectivity index (χ1n) is 9.42. The van der Waals surface area contributed by atoms with Gasteiger partial charge in [0.15, 0.2) is 11.4 Å². The molecule has 2 aromatic heterocycles. The topological polar surface area (TPSA) is 77.6 Å². The second-order valence-corrected chi connectivity index (χ2v) is 6.86. The van der Waals surface area contributed by atoms with Crippen molar-refractivity contribution in [1.82, 2.24) is 29.9 Å². The number of rotatable bonds is 6. The molecule has 0 unspecified atom stereocenters. The van der Waals surface area contributed by atoms with Gasteiger partial charge in [0.25, 0.3) is 5.91 Å². The Hall–Kier alpha value is -4.02. The van der Waals surface area contributed by atoms with Gasteiger partial charge in [-0.05, 0) is 29.3 Å². The normalized spacial score (nSPS) is 11.5. The quantitative estimate of drug-likeness (QED) is 0.461. The van der Waals surface area contributed by atoms with Crippen molar-refractivity contribution >= 4 is 5.91 Å². The molecule has 0 bridgehead atoms. The van der Waals surface area contributed by atoms with Gasteiger partial charge in [0.2, 0.25) is 0 Å². The molecule has 0 spiro atoms. The molecule has 164 valence electrons. The molecule has 0 saturated heterocycles. The molecule has 1 N–H and O–H groups in total. The molecule has 11 heteroatoms. The molecule has 7 nitrogen and oxygen atoms in total. The van der Waals surface area contributed by atoms with Crippen LogP contribution in [0.25, 0.3) is 5.69 Å². The van der Waals surface area contributed by atoms with Crippen molar-refractivity contribution in [3.63, 3.8) is 0 Å². The highest BCUT2D eigenvalue weighted by molar-refractivity contribution is 5.93. The number of hydrogen-bond acceptors (Lipinski definition) is 4. The number of carbonyl (C=O) groups excluding carboxylic acids is 1. The minimum absolute atomic E-state index is 0.0200. The molecular formula is C21H16F4N6O. The van der Waals surface area contributed by atoms with Crippen LogP contribution < -0.4 is 5.32 Å². The van der Waals surface area contributed by atoms with Crippen LogP contribution in [0, 0.1) is 5.82 Å². The van der Waals surface area contributed by atoms with Gasteiger partial charge in [-0.3, -0.25) is 4.79 Å². The van der Waals surface area contributed by atoms with E-state index in [-0.39, 0.29) is 12.2 Å². The van der Waals surface area contributed by atoms with Crippen molar-refractivity contribution in [2.45, 2.75) is 19.3 Å². The maximum absolute atomic E-state index is 13.7. The third-order valence-electron chi connectivity index (χ3n) is 4.68. The molecule has 4 aromatic rings. The lowest BCUT2D eigenvalue weighted by atomic mass is 10.1. The highest BCUT2D eigenvalue weighted by Crippen LogP contribution is 2.32. The smallest absolute Gasteiger partial charge is 0.346 e. The first-order chi connectivity index (χ1) is 15.3. The second-order valence-electron chi connectivity index (χ2n) is 6.86. The van der Waals surface area contributed by atoms with E-state index in [9.17, 15) is 22.4 Å². The molecule has 0 saturated carbocycles. The van der Waals surface area contributed by atoms with Crippen LogP contribution in [0.2, 0.25) is 0 Å². The van der Waals surface area contributed by atoms with Crippen LogP contribution in [0.1, 0.15) is 27.3 Å². The molecule has 4 rings (SSSR count). The van der Waals surface area contributed by atoms with Gasteiger partial charge in [-0.25, -0.2) is 14.1 Å². The molecule has 0 aliphatic rings. The molecule has 2 heterocycles. The first kappa shape index (κ1) is 21.2. The molecule has 0 aliphatic heterocycles. The van der Waals surface area contributed by atoms with Crippen LogP contribution in [-0.2, 0) is 19.3 Å². The summed E-state index contributed by atoms with van der Waals surface area (Å²) in [7, 11) is 0. The van der Waals surface area contributed by atoms with Crippen LogP contribution >= 0.6 is 0 Å². The van der Waals surface area contributed by atoms with Crippen molar-refractivity contribution < 1.29 is 22.4 Å². The summed E-state index contributed by atoms with van der Waals surface area (Å²) in [4.78, 5) is 16.6. The van der Waals surface area contributed by atoms with Gasteiger partial charge in [-0.15, -0.1) is 5.10 Å². The number of nitrogens with one attached hydrogen (secondary N) is 1. The van der Waals surface area contributed by atoms with Crippen molar-refractivity contribution in [3.8, 4) is 5.69 Å². The number of halogens is 4. The molecule has 1 amide bonds. The molecule has 0 atom stereocenters. The van der Waals surface area contributed by atoms with Gasteiger partial charge < -0.3 is 9.88 Å². The van der Waals surface area contributed by atoms with Gasteiger partial charge >= 0.3 is 6.18 Å². The molecule has 2 aromatic carbocycles. The Labute approximate surface area is 179 Å². The maximum Gasteiger partial charge on any atom is 0.435 e. The fourth-order valence-corrected chi connectivity index (χ4v) is 3.20. The minimum Gasteiger partial charge on any atom is -0.346 e. The van der Waals surface area contributed by atoms with Crippen molar-refractivity contribution in [3.05, 3.63) is 95.6 Å².